The van der Waals surface area contributed by atoms with Gasteiger partial charge < -0.3 is 14.6 Å². The first-order valence-corrected chi connectivity index (χ1v) is 7.42. The van der Waals surface area contributed by atoms with Crippen LogP contribution in [0, 0.1) is 6.92 Å². The van der Waals surface area contributed by atoms with Crippen LogP contribution in [-0.2, 0) is 13.0 Å². The van der Waals surface area contributed by atoms with E-state index in [-0.39, 0.29) is 0 Å². The van der Waals surface area contributed by atoms with Crippen LogP contribution >= 0.6 is 0 Å². The van der Waals surface area contributed by atoms with E-state index in [4.69, 9.17) is 9.26 Å². The van der Waals surface area contributed by atoms with Crippen molar-refractivity contribution in [2.24, 2.45) is 0 Å². The van der Waals surface area contributed by atoms with E-state index in [0.717, 1.165) is 24.3 Å². The Morgan fingerprint density at radius 2 is 2.14 bits per heavy atom. The molecule has 0 bridgehead atoms. The van der Waals surface area contributed by atoms with Gasteiger partial charge in [0.25, 0.3) is 0 Å². The number of ether oxygens (including phenoxy) is 1. The summed E-state index contributed by atoms with van der Waals surface area (Å²) < 4.78 is 10.8. The van der Waals surface area contributed by atoms with Crippen molar-refractivity contribution in [2.45, 2.75) is 46.8 Å². The Morgan fingerprint density at radius 1 is 1.33 bits per heavy atom. The summed E-state index contributed by atoms with van der Waals surface area (Å²) in [5, 5.41) is 7.28. The molecular formula is C16H23N3O2. The van der Waals surface area contributed by atoms with Gasteiger partial charge in [0.15, 0.2) is 6.61 Å². The summed E-state index contributed by atoms with van der Waals surface area (Å²) in [4.78, 5) is 4.23. The van der Waals surface area contributed by atoms with Crippen LogP contribution in [0.3, 0.4) is 0 Å². The van der Waals surface area contributed by atoms with Crippen LogP contribution in [0.4, 0.5) is 0 Å². The first kappa shape index (κ1) is 15.5. The van der Waals surface area contributed by atoms with Crippen molar-refractivity contribution in [1.82, 2.24) is 15.5 Å². The lowest BCUT2D eigenvalue weighted by atomic mass is 10.1. The van der Waals surface area contributed by atoms with Crippen molar-refractivity contribution in [1.29, 1.82) is 0 Å². The fourth-order valence-electron chi connectivity index (χ4n) is 2.16. The van der Waals surface area contributed by atoms with Gasteiger partial charge in [-0.05, 0) is 37.6 Å². The molecule has 1 aromatic heterocycles. The van der Waals surface area contributed by atoms with E-state index in [2.05, 4.69) is 41.4 Å². The van der Waals surface area contributed by atoms with Crippen molar-refractivity contribution in [3.05, 3.63) is 41.0 Å². The Morgan fingerprint density at radius 3 is 2.76 bits per heavy atom. The SMILES string of the molecule is CCNC(C)c1ccc(OCc2noc(CC)n2)c(C)c1. The molecule has 0 radical (unpaired) electrons. The summed E-state index contributed by atoms with van der Waals surface area (Å²) in [7, 11) is 0. The van der Waals surface area contributed by atoms with Crippen LogP contribution in [-0.4, -0.2) is 16.7 Å². The maximum Gasteiger partial charge on any atom is 0.226 e. The zero-order valence-electron chi connectivity index (χ0n) is 13.1. The van der Waals surface area contributed by atoms with Crippen LogP contribution in [0.15, 0.2) is 22.7 Å². The number of hydrogen-bond donors (Lipinski definition) is 1. The van der Waals surface area contributed by atoms with Gasteiger partial charge in [0.1, 0.15) is 5.75 Å². The summed E-state index contributed by atoms with van der Waals surface area (Å²) in [5.41, 5.74) is 2.37. The molecule has 0 amide bonds. The molecule has 1 heterocycles. The Balaban J connectivity index is 2.00. The Kier molecular flexibility index (Phi) is 5.33. The Bertz CT molecular complexity index is 581. The number of rotatable bonds is 7. The van der Waals surface area contributed by atoms with Crippen molar-refractivity contribution in [3.63, 3.8) is 0 Å². The number of aryl methyl sites for hydroxylation is 2. The molecule has 21 heavy (non-hydrogen) atoms. The highest BCUT2D eigenvalue weighted by atomic mass is 16.5. The maximum absolute atomic E-state index is 5.77. The third kappa shape index (κ3) is 4.04. The van der Waals surface area contributed by atoms with Crippen LogP contribution in [0.5, 0.6) is 5.75 Å². The van der Waals surface area contributed by atoms with Gasteiger partial charge in [-0.15, -0.1) is 0 Å². The average Bonchev–Trinajstić information content (AvgIpc) is 2.94. The molecule has 0 aliphatic heterocycles. The van der Waals surface area contributed by atoms with E-state index < -0.39 is 0 Å². The Hall–Kier alpha value is -1.88. The van der Waals surface area contributed by atoms with Crippen molar-refractivity contribution in [3.8, 4) is 5.75 Å². The summed E-state index contributed by atoms with van der Waals surface area (Å²) in [5.74, 6) is 2.07. The predicted octanol–water partition coefficient (Wildman–Crippen LogP) is 3.19. The zero-order chi connectivity index (χ0) is 15.2. The largest absolute Gasteiger partial charge is 0.485 e. The summed E-state index contributed by atoms with van der Waals surface area (Å²) >= 11 is 0. The lowest BCUT2D eigenvalue weighted by Gasteiger charge is -2.15. The van der Waals surface area contributed by atoms with E-state index >= 15 is 0 Å². The molecule has 0 fully saturated rings. The number of aromatic nitrogens is 2. The molecule has 0 saturated carbocycles. The molecule has 1 unspecified atom stereocenters. The summed E-state index contributed by atoms with van der Waals surface area (Å²) in [6, 6.07) is 6.58. The minimum absolute atomic E-state index is 0.326. The standard InChI is InChI=1S/C16H23N3O2/c1-5-16-18-15(19-21-16)10-20-14-8-7-13(9-11(14)3)12(4)17-6-2/h7-9,12,17H,5-6,10H2,1-4H3. The maximum atomic E-state index is 5.77. The highest BCUT2D eigenvalue weighted by molar-refractivity contribution is 5.37. The monoisotopic (exact) mass is 289 g/mol. The molecule has 0 spiro atoms. The molecule has 0 aliphatic rings. The summed E-state index contributed by atoms with van der Waals surface area (Å²) in [6.07, 6.45) is 0.739. The number of nitrogens with one attached hydrogen (secondary N) is 1. The topological polar surface area (TPSA) is 60.2 Å². The summed E-state index contributed by atoms with van der Waals surface area (Å²) in [6.45, 7) is 9.57. The third-order valence-corrected chi connectivity index (χ3v) is 3.38. The molecule has 2 aromatic rings. The third-order valence-electron chi connectivity index (χ3n) is 3.38. The van der Waals surface area contributed by atoms with Crippen LogP contribution in [0.2, 0.25) is 0 Å². The van der Waals surface area contributed by atoms with E-state index in [1.807, 2.05) is 19.9 Å². The fourth-order valence-corrected chi connectivity index (χ4v) is 2.16. The minimum Gasteiger partial charge on any atom is -0.485 e. The van der Waals surface area contributed by atoms with Crippen LogP contribution in [0.25, 0.3) is 0 Å². The van der Waals surface area contributed by atoms with Crippen molar-refractivity contribution < 1.29 is 9.26 Å². The molecule has 5 heteroatoms. The second kappa shape index (κ2) is 7.22. The van der Waals surface area contributed by atoms with E-state index in [9.17, 15) is 0 Å². The van der Waals surface area contributed by atoms with E-state index in [0.29, 0.717) is 24.4 Å². The van der Waals surface area contributed by atoms with E-state index in [1.165, 1.54) is 5.56 Å². The molecule has 0 saturated heterocycles. The number of nitrogens with zero attached hydrogens (tertiary/aromatic N) is 2. The van der Waals surface area contributed by atoms with Crippen LogP contribution < -0.4 is 10.1 Å². The normalized spacial score (nSPS) is 12.4. The van der Waals surface area contributed by atoms with Gasteiger partial charge in [-0.25, -0.2) is 0 Å². The highest BCUT2D eigenvalue weighted by Crippen LogP contribution is 2.23. The fraction of sp³-hybridized carbons (Fsp3) is 0.500. The molecule has 1 aromatic carbocycles. The van der Waals surface area contributed by atoms with Crippen molar-refractivity contribution in [2.75, 3.05) is 6.54 Å². The predicted molar refractivity (Wildman–Crippen MR) is 81.3 cm³/mol. The van der Waals surface area contributed by atoms with Crippen molar-refractivity contribution >= 4 is 0 Å². The van der Waals surface area contributed by atoms with Gasteiger partial charge in [-0.3, -0.25) is 0 Å². The lowest BCUT2D eigenvalue weighted by molar-refractivity contribution is 0.283. The van der Waals surface area contributed by atoms with Gasteiger partial charge in [0, 0.05) is 12.5 Å². The molecule has 1 N–H and O–H groups in total. The number of benzene rings is 1. The van der Waals surface area contributed by atoms with Crippen LogP contribution in [0.1, 0.15) is 49.7 Å². The second-order valence-corrected chi connectivity index (χ2v) is 5.05. The molecule has 5 nitrogen and oxygen atoms in total. The quantitative estimate of drug-likeness (QED) is 0.848. The minimum atomic E-state index is 0.326. The Labute approximate surface area is 125 Å². The molecular weight excluding hydrogens is 266 g/mol. The van der Waals surface area contributed by atoms with Gasteiger partial charge >= 0.3 is 0 Å². The van der Waals surface area contributed by atoms with Gasteiger partial charge in [0.05, 0.1) is 0 Å². The lowest BCUT2D eigenvalue weighted by Crippen LogP contribution is -2.17. The zero-order valence-corrected chi connectivity index (χ0v) is 13.1. The highest BCUT2D eigenvalue weighted by Gasteiger charge is 2.09. The average molecular weight is 289 g/mol. The molecule has 1 atom stereocenters. The number of hydrogen-bond acceptors (Lipinski definition) is 5. The molecule has 2 rings (SSSR count). The first-order chi connectivity index (χ1) is 10.1. The van der Waals surface area contributed by atoms with Gasteiger partial charge in [-0.1, -0.05) is 31.1 Å². The van der Waals surface area contributed by atoms with Gasteiger partial charge in [-0.2, -0.15) is 4.98 Å². The van der Waals surface area contributed by atoms with Gasteiger partial charge in [0.2, 0.25) is 11.7 Å². The molecule has 0 aliphatic carbocycles. The first-order valence-electron chi connectivity index (χ1n) is 7.42. The smallest absolute Gasteiger partial charge is 0.226 e. The van der Waals surface area contributed by atoms with E-state index in [1.54, 1.807) is 0 Å². The molecule has 114 valence electrons. The second-order valence-electron chi connectivity index (χ2n) is 5.05.